The van der Waals surface area contributed by atoms with Gasteiger partial charge >= 0.3 is 0 Å². The standard InChI is InChI=1S/C24H30N4/c1-27-13-12-17-8-9-20(14-19(17)15-27)25-23-11-10-21-22(16-28(2)24(21)26-23)18-6-4-3-5-7-18/h8-11,14,16,18H,3-7,12-13,15H2,1-2H3,(H,25,26). The van der Waals surface area contributed by atoms with Crippen LogP contribution in [0.1, 0.15) is 54.7 Å². The summed E-state index contributed by atoms with van der Waals surface area (Å²) in [7, 11) is 4.32. The number of aromatic nitrogens is 2. The summed E-state index contributed by atoms with van der Waals surface area (Å²) in [4.78, 5) is 7.34. The number of pyridine rings is 1. The number of anilines is 2. The average Bonchev–Trinajstić information content (AvgIpc) is 3.04. The first-order valence-corrected chi connectivity index (χ1v) is 10.7. The highest BCUT2D eigenvalue weighted by atomic mass is 15.1. The normalized spacial score (nSPS) is 18.4. The van der Waals surface area contributed by atoms with Gasteiger partial charge in [0.05, 0.1) is 0 Å². The van der Waals surface area contributed by atoms with Gasteiger partial charge in [-0.2, -0.15) is 0 Å². The van der Waals surface area contributed by atoms with E-state index < -0.39 is 0 Å². The second-order valence-electron chi connectivity index (χ2n) is 8.69. The molecule has 4 heteroatoms. The summed E-state index contributed by atoms with van der Waals surface area (Å²) in [6.07, 6.45) is 10.2. The first kappa shape index (κ1) is 17.7. The fourth-order valence-electron chi connectivity index (χ4n) is 5.01. The lowest BCUT2D eigenvalue weighted by Crippen LogP contribution is -2.26. The summed E-state index contributed by atoms with van der Waals surface area (Å²) >= 11 is 0. The molecule has 1 aliphatic carbocycles. The average molecular weight is 375 g/mol. The van der Waals surface area contributed by atoms with E-state index in [1.54, 1.807) is 0 Å². The molecule has 1 aliphatic heterocycles. The predicted molar refractivity (Wildman–Crippen MR) is 116 cm³/mol. The van der Waals surface area contributed by atoms with Crippen LogP contribution >= 0.6 is 0 Å². The number of rotatable bonds is 3. The molecular formula is C24H30N4. The smallest absolute Gasteiger partial charge is 0.142 e. The third kappa shape index (κ3) is 3.30. The predicted octanol–water partition coefficient (Wildman–Crippen LogP) is 5.35. The van der Waals surface area contributed by atoms with Gasteiger partial charge in [-0.3, -0.25) is 0 Å². The van der Waals surface area contributed by atoms with Gasteiger partial charge in [0.2, 0.25) is 0 Å². The van der Waals surface area contributed by atoms with E-state index in [2.05, 4.69) is 65.4 Å². The van der Waals surface area contributed by atoms with Crippen molar-refractivity contribution < 1.29 is 0 Å². The number of aryl methyl sites for hydroxylation is 1. The molecule has 1 fully saturated rings. The zero-order valence-corrected chi connectivity index (χ0v) is 17.0. The topological polar surface area (TPSA) is 33.1 Å². The molecule has 0 spiro atoms. The van der Waals surface area contributed by atoms with Crippen LogP contribution in [0.3, 0.4) is 0 Å². The number of likely N-dealkylation sites (N-methyl/N-ethyl adjacent to an activating group) is 1. The van der Waals surface area contributed by atoms with Crippen LogP contribution in [-0.4, -0.2) is 28.0 Å². The van der Waals surface area contributed by atoms with E-state index in [0.717, 1.165) is 36.7 Å². The maximum atomic E-state index is 4.95. The molecule has 0 unspecified atom stereocenters. The Labute approximate surface area is 167 Å². The minimum Gasteiger partial charge on any atom is -0.340 e. The number of benzene rings is 1. The fourth-order valence-corrected chi connectivity index (χ4v) is 5.01. The number of fused-ring (bicyclic) bond motifs is 2. The summed E-state index contributed by atoms with van der Waals surface area (Å²) in [5.74, 6) is 1.63. The molecular weight excluding hydrogens is 344 g/mol. The summed E-state index contributed by atoms with van der Waals surface area (Å²) in [5, 5.41) is 4.86. The van der Waals surface area contributed by atoms with Crippen molar-refractivity contribution in [1.29, 1.82) is 0 Å². The number of nitrogens with one attached hydrogen (secondary N) is 1. The second kappa shape index (κ2) is 7.25. The van der Waals surface area contributed by atoms with Gasteiger partial charge < -0.3 is 14.8 Å². The van der Waals surface area contributed by atoms with Gasteiger partial charge in [0, 0.05) is 37.4 Å². The van der Waals surface area contributed by atoms with Gasteiger partial charge in [-0.15, -0.1) is 0 Å². The number of hydrogen-bond acceptors (Lipinski definition) is 3. The Morgan fingerprint density at radius 3 is 2.71 bits per heavy atom. The van der Waals surface area contributed by atoms with E-state index in [-0.39, 0.29) is 0 Å². The Kier molecular flexibility index (Phi) is 4.59. The molecule has 5 rings (SSSR count). The van der Waals surface area contributed by atoms with E-state index in [1.807, 2.05) is 0 Å². The third-order valence-electron chi connectivity index (χ3n) is 6.58. The van der Waals surface area contributed by atoms with Crippen LogP contribution in [0.5, 0.6) is 0 Å². The number of nitrogens with zero attached hydrogens (tertiary/aromatic N) is 3. The molecule has 0 atom stereocenters. The minimum absolute atomic E-state index is 0.704. The van der Waals surface area contributed by atoms with Crippen LogP contribution in [0.4, 0.5) is 11.5 Å². The largest absolute Gasteiger partial charge is 0.340 e. The van der Waals surface area contributed by atoms with E-state index in [9.17, 15) is 0 Å². The molecule has 3 aromatic rings. The summed E-state index contributed by atoms with van der Waals surface area (Å²) in [6.45, 7) is 2.18. The van der Waals surface area contributed by atoms with E-state index in [0.29, 0.717) is 5.92 Å². The van der Waals surface area contributed by atoms with Crippen molar-refractivity contribution >= 4 is 22.5 Å². The minimum atomic E-state index is 0.704. The highest BCUT2D eigenvalue weighted by Crippen LogP contribution is 2.37. The Morgan fingerprint density at radius 1 is 1.00 bits per heavy atom. The van der Waals surface area contributed by atoms with Crippen molar-refractivity contribution in [2.75, 3.05) is 18.9 Å². The van der Waals surface area contributed by atoms with Gasteiger partial charge in [-0.05, 0) is 73.2 Å². The Balaban J connectivity index is 1.43. The first-order valence-electron chi connectivity index (χ1n) is 10.7. The van der Waals surface area contributed by atoms with Crippen molar-refractivity contribution in [3.05, 3.63) is 53.2 Å². The first-order chi connectivity index (χ1) is 13.7. The lowest BCUT2D eigenvalue weighted by atomic mass is 9.84. The molecule has 3 heterocycles. The number of hydrogen-bond donors (Lipinski definition) is 1. The van der Waals surface area contributed by atoms with Gasteiger partial charge in [0.15, 0.2) is 0 Å². The van der Waals surface area contributed by atoms with Crippen LogP contribution in [0.2, 0.25) is 0 Å². The Morgan fingerprint density at radius 2 is 1.86 bits per heavy atom. The monoisotopic (exact) mass is 374 g/mol. The molecule has 0 bridgehead atoms. The van der Waals surface area contributed by atoms with Gasteiger partial charge in [-0.1, -0.05) is 25.3 Å². The molecule has 1 aromatic carbocycles. The van der Waals surface area contributed by atoms with Gasteiger partial charge in [0.1, 0.15) is 11.5 Å². The zero-order valence-electron chi connectivity index (χ0n) is 17.0. The van der Waals surface area contributed by atoms with Crippen molar-refractivity contribution in [2.45, 2.75) is 51.0 Å². The maximum absolute atomic E-state index is 4.95. The van der Waals surface area contributed by atoms with Crippen LogP contribution in [0.25, 0.3) is 11.0 Å². The highest BCUT2D eigenvalue weighted by Gasteiger charge is 2.20. The SMILES string of the molecule is CN1CCc2ccc(Nc3ccc4c(C5CCCCC5)cn(C)c4n3)cc2C1. The van der Waals surface area contributed by atoms with E-state index in [4.69, 9.17) is 4.98 Å². The molecule has 2 aromatic heterocycles. The zero-order chi connectivity index (χ0) is 19.1. The molecule has 0 amide bonds. The second-order valence-corrected chi connectivity index (χ2v) is 8.69. The molecule has 2 aliphatic rings. The van der Waals surface area contributed by atoms with Crippen LogP contribution in [-0.2, 0) is 20.0 Å². The summed E-state index contributed by atoms with van der Waals surface area (Å²) in [6, 6.07) is 11.2. The fraction of sp³-hybridized carbons (Fsp3) is 0.458. The van der Waals surface area contributed by atoms with Crippen LogP contribution in [0.15, 0.2) is 36.5 Å². The quantitative estimate of drug-likeness (QED) is 0.670. The molecule has 1 N–H and O–H groups in total. The van der Waals surface area contributed by atoms with Crippen molar-refractivity contribution in [2.24, 2.45) is 7.05 Å². The summed E-state index contributed by atoms with van der Waals surface area (Å²) < 4.78 is 2.20. The lowest BCUT2D eigenvalue weighted by molar-refractivity contribution is 0.313. The van der Waals surface area contributed by atoms with Gasteiger partial charge in [-0.25, -0.2) is 4.98 Å². The Bertz CT molecular complexity index is 997. The lowest BCUT2D eigenvalue weighted by Gasteiger charge is -2.25. The van der Waals surface area contributed by atoms with Crippen molar-refractivity contribution in [3.63, 3.8) is 0 Å². The van der Waals surface area contributed by atoms with E-state index in [1.165, 1.54) is 54.2 Å². The Hall–Kier alpha value is -2.33. The van der Waals surface area contributed by atoms with Crippen LogP contribution in [0, 0.1) is 0 Å². The van der Waals surface area contributed by atoms with Crippen molar-refractivity contribution in [1.82, 2.24) is 14.5 Å². The molecule has 0 saturated heterocycles. The maximum Gasteiger partial charge on any atom is 0.142 e. The molecule has 4 nitrogen and oxygen atoms in total. The van der Waals surface area contributed by atoms with E-state index >= 15 is 0 Å². The summed E-state index contributed by atoms with van der Waals surface area (Å²) in [5.41, 5.74) is 6.61. The molecule has 0 radical (unpaired) electrons. The van der Waals surface area contributed by atoms with Crippen LogP contribution < -0.4 is 5.32 Å². The van der Waals surface area contributed by atoms with Crippen molar-refractivity contribution in [3.8, 4) is 0 Å². The molecule has 146 valence electrons. The van der Waals surface area contributed by atoms with Gasteiger partial charge in [0.25, 0.3) is 0 Å². The molecule has 28 heavy (non-hydrogen) atoms. The highest BCUT2D eigenvalue weighted by molar-refractivity contribution is 5.83. The third-order valence-corrected chi connectivity index (χ3v) is 6.58. The molecule has 1 saturated carbocycles.